The molecule has 1 saturated carbocycles. The van der Waals surface area contributed by atoms with Gasteiger partial charge in [-0.05, 0) is 44.4 Å². The van der Waals surface area contributed by atoms with Gasteiger partial charge in [-0.3, -0.25) is 4.90 Å². The molecular formula is C15H24N2O. The Labute approximate surface area is 110 Å². The zero-order valence-electron chi connectivity index (χ0n) is 11.1. The summed E-state index contributed by atoms with van der Waals surface area (Å²) >= 11 is 0. The van der Waals surface area contributed by atoms with E-state index in [0.29, 0.717) is 6.04 Å². The summed E-state index contributed by atoms with van der Waals surface area (Å²) in [6.07, 6.45) is 10.00. The van der Waals surface area contributed by atoms with E-state index < -0.39 is 0 Å². The summed E-state index contributed by atoms with van der Waals surface area (Å²) < 4.78 is 5.53. The van der Waals surface area contributed by atoms with Gasteiger partial charge in [-0.15, -0.1) is 0 Å². The summed E-state index contributed by atoms with van der Waals surface area (Å²) in [6, 6.07) is 5.57. The molecule has 1 N–H and O–H groups in total. The van der Waals surface area contributed by atoms with Crippen molar-refractivity contribution in [2.24, 2.45) is 0 Å². The molecule has 1 aromatic rings. The first-order valence-electron chi connectivity index (χ1n) is 7.41. The lowest BCUT2D eigenvalue weighted by atomic mass is 10.1. The van der Waals surface area contributed by atoms with Crippen molar-refractivity contribution < 1.29 is 4.42 Å². The first-order valence-corrected chi connectivity index (χ1v) is 7.41. The third-order valence-corrected chi connectivity index (χ3v) is 4.40. The number of nitrogens with one attached hydrogen (secondary N) is 1. The predicted molar refractivity (Wildman–Crippen MR) is 72.4 cm³/mol. The van der Waals surface area contributed by atoms with Crippen molar-refractivity contribution in [2.45, 2.75) is 57.2 Å². The Morgan fingerprint density at radius 1 is 1.22 bits per heavy atom. The highest BCUT2D eigenvalue weighted by molar-refractivity contribution is 4.99. The molecule has 2 aliphatic rings. The van der Waals surface area contributed by atoms with Crippen LogP contribution in [0, 0.1) is 0 Å². The van der Waals surface area contributed by atoms with E-state index in [0.717, 1.165) is 18.3 Å². The summed E-state index contributed by atoms with van der Waals surface area (Å²) in [6.45, 7) is 3.37. The first kappa shape index (κ1) is 12.2. The van der Waals surface area contributed by atoms with Crippen LogP contribution in [0.5, 0.6) is 0 Å². The van der Waals surface area contributed by atoms with Crippen molar-refractivity contribution in [1.82, 2.24) is 10.2 Å². The molecule has 18 heavy (non-hydrogen) atoms. The van der Waals surface area contributed by atoms with Gasteiger partial charge in [0.1, 0.15) is 5.76 Å². The molecular weight excluding hydrogens is 224 g/mol. The molecule has 0 spiro atoms. The van der Waals surface area contributed by atoms with Crippen LogP contribution in [0.25, 0.3) is 0 Å². The summed E-state index contributed by atoms with van der Waals surface area (Å²) in [5.41, 5.74) is 0. The molecule has 3 nitrogen and oxygen atoms in total. The zero-order valence-corrected chi connectivity index (χ0v) is 11.1. The molecule has 0 radical (unpaired) electrons. The first-order chi connectivity index (χ1) is 8.92. The van der Waals surface area contributed by atoms with Crippen LogP contribution < -0.4 is 5.32 Å². The van der Waals surface area contributed by atoms with Gasteiger partial charge in [0, 0.05) is 18.6 Å². The molecule has 2 heterocycles. The number of hydrogen-bond donors (Lipinski definition) is 1. The van der Waals surface area contributed by atoms with Crippen LogP contribution in [0.15, 0.2) is 22.8 Å². The normalized spacial score (nSPS) is 25.3. The summed E-state index contributed by atoms with van der Waals surface area (Å²) in [5, 5.41) is 3.62. The van der Waals surface area contributed by atoms with Gasteiger partial charge >= 0.3 is 0 Å². The van der Waals surface area contributed by atoms with Crippen molar-refractivity contribution in [3.8, 4) is 0 Å². The molecule has 1 aliphatic carbocycles. The SMILES string of the molecule is c1coc(CN(CC2CCCN2)C2CCCC2)c1. The monoisotopic (exact) mass is 248 g/mol. The topological polar surface area (TPSA) is 28.4 Å². The lowest BCUT2D eigenvalue weighted by molar-refractivity contribution is 0.161. The van der Waals surface area contributed by atoms with Gasteiger partial charge in [0.15, 0.2) is 0 Å². The smallest absolute Gasteiger partial charge is 0.117 e. The van der Waals surface area contributed by atoms with Crippen molar-refractivity contribution in [3.63, 3.8) is 0 Å². The van der Waals surface area contributed by atoms with Gasteiger partial charge in [-0.1, -0.05) is 12.8 Å². The van der Waals surface area contributed by atoms with Gasteiger partial charge in [0.25, 0.3) is 0 Å². The van der Waals surface area contributed by atoms with Crippen molar-refractivity contribution in [2.75, 3.05) is 13.1 Å². The fourth-order valence-corrected chi connectivity index (χ4v) is 3.41. The Bertz CT molecular complexity index is 337. The fourth-order valence-electron chi connectivity index (χ4n) is 3.41. The van der Waals surface area contributed by atoms with E-state index in [-0.39, 0.29) is 0 Å². The van der Waals surface area contributed by atoms with E-state index in [9.17, 15) is 0 Å². The Morgan fingerprint density at radius 2 is 2.11 bits per heavy atom. The largest absolute Gasteiger partial charge is 0.468 e. The zero-order chi connectivity index (χ0) is 12.2. The van der Waals surface area contributed by atoms with Crippen molar-refractivity contribution in [3.05, 3.63) is 24.2 Å². The molecule has 100 valence electrons. The van der Waals surface area contributed by atoms with Crippen LogP contribution in [0.4, 0.5) is 0 Å². The lowest BCUT2D eigenvalue weighted by Crippen LogP contribution is -2.41. The summed E-state index contributed by atoms with van der Waals surface area (Å²) in [4.78, 5) is 2.65. The van der Waals surface area contributed by atoms with Crippen LogP contribution in [-0.4, -0.2) is 30.1 Å². The minimum Gasteiger partial charge on any atom is -0.468 e. The van der Waals surface area contributed by atoms with Gasteiger partial charge in [-0.25, -0.2) is 0 Å². The van der Waals surface area contributed by atoms with Gasteiger partial charge in [-0.2, -0.15) is 0 Å². The Balaban J connectivity index is 1.62. The van der Waals surface area contributed by atoms with Crippen LogP contribution in [0.2, 0.25) is 0 Å². The number of furan rings is 1. The van der Waals surface area contributed by atoms with Crippen molar-refractivity contribution in [1.29, 1.82) is 0 Å². The molecule has 0 amide bonds. The van der Waals surface area contributed by atoms with Crippen LogP contribution in [-0.2, 0) is 6.54 Å². The Hall–Kier alpha value is -0.800. The van der Waals surface area contributed by atoms with E-state index in [1.807, 2.05) is 6.07 Å². The summed E-state index contributed by atoms with van der Waals surface area (Å²) in [5.74, 6) is 1.11. The van der Waals surface area contributed by atoms with Crippen LogP contribution in [0.1, 0.15) is 44.3 Å². The van der Waals surface area contributed by atoms with E-state index in [2.05, 4.69) is 16.3 Å². The molecule has 0 bridgehead atoms. The Kier molecular flexibility index (Phi) is 4.01. The second-order valence-electron chi connectivity index (χ2n) is 5.74. The van der Waals surface area contributed by atoms with E-state index in [1.54, 1.807) is 6.26 Å². The predicted octanol–water partition coefficient (Wildman–Crippen LogP) is 2.78. The average molecular weight is 248 g/mol. The maximum absolute atomic E-state index is 5.53. The molecule has 0 aromatic carbocycles. The minimum absolute atomic E-state index is 0.695. The third-order valence-electron chi connectivity index (χ3n) is 4.40. The highest BCUT2D eigenvalue weighted by Gasteiger charge is 2.26. The van der Waals surface area contributed by atoms with Gasteiger partial charge in [0.05, 0.1) is 12.8 Å². The van der Waals surface area contributed by atoms with Crippen LogP contribution in [0.3, 0.4) is 0 Å². The molecule has 2 fully saturated rings. The quantitative estimate of drug-likeness (QED) is 0.868. The Morgan fingerprint density at radius 3 is 2.78 bits per heavy atom. The highest BCUT2D eigenvalue weighted by atomic mass is 16.3. The van der Waals surface area contributed by atoms with Gasteiger partial charge < -0.3 is 9.73 Å². The second kappa shape index (κ2) is 5.89. The molecule has 3 heteroatoms. The lowest BCUT2D eigenvalue weighted by Gasteiger charge is -2.30. The maximum atomic E-state index is 5.53. The van der Waals surface area contributed by atoms with Crippen LogP contribution >= 0.6 is 0 Å². The highest BCUT2D eigenvalue weighted by Crippen LogP contribution is 2.26. The molecule has 3 rings (SSSR count). The number of hydrogen-bond acceptors (Lipinski definition) is 3. The van der Waals surface area contributed by atoms with E-state index in [1.165, 1.54) is 51.6 Å². The number of nitrogens with zero attached hydrogens (tertiary/aromatic N) is 1. The molecule has 1 unspecified atom stereocenters. The minimum atomic E-state index is 0.695. The molecule has 1 aliphatic heterocycles. The second-order valence-corrected chi connectivity index (χ2v) is 5.74. The molecule has 1 aromatic heterocycles. The van der Waals surface area contributed by atoms with E-state index >= 15 is 0 Å². The molecule has 1 atom stereocenters. The standard InChI is InChI=1S/C15H24N2O/c1-2-7-14(6-1)17(11-13-5-3-9-16-13)12-15-8-4-10-18-15/h4,8,10,13-14,16H,1-3,5-7,9,11-12H2. The van der Waals surface area contributed by atoms with E-state index in [4.69, 9.17) is 4.42 Å². The molecule has 1 saturated heterocycles. The van der Waals surface area contributed by atoms with Crippen molar-refractivity contribution >= 4 is 0 Å². The average Bonchev–Trinajstić information content (AvgIpc) is 3.13. The third kappa shape index (κ3) is 2.96. The number of rotatable bonds is 5. The fraction of sp³-hybridized carbons (Fsp3) is 0.733. The maximum Gasteiger partial charge on any atom is 0.117 e. The van der Waals surface area contributed by atoms with Gasteiger partial charge in [0.2, 0.25) is 0 Å². The summed E-state index contributed by atoms with van der Waals surface area (Å²) in [7, 11) is 0.